The van der Waals surface area contributed by atoms with Crippen LogP contribution in [-0.4, -0.2) is 89.8 Å². The largest absolute Gasteiger partial charge is 0.508 e. The summed E-state index contributed by atoms with van der Waals surface area (Å²) in [4.78, 5) is 55.8. The van der Waals surface area contributed by atoms with E-state index in [1.165, 1.54) is 17.0 Å². The highest BCUT2D eigenvalue weighted by molar-refractivity contribution is 5.93. The second kappa shape index (κ2) is 14.9. The lowest BCUT2D eigenvalue weighted by Crippen LogP contribution is -2.82. The number of nitrogens with zero attached hydrogens (tertiary/aromatic N) is 7. The van der Waals surface area contributed by atoms with Crippen molar-refractivity contribution in [1.82, 2.24) is 35.3 Å². The summed E-state index contributed by atoms with van der Waals surface area (Å²) in [5, 5.41) is 19.8. The zero-order valence-corrected chi connectivity index (χ0v) is 29.9. The van der Waals surface area contributed by atoms with Crippen LogP contribution >= 0.6 is 0 Å². The monoisotopic (exact) mass is 733 g/mol. The van der Waals surface area contributed by atoms with E-state index in [4.69, 9.17) is 4.52 Å². The average molecular weight is 734 g/mol. The van der Waals surface area contributed by atoms with E-state index in [-0.39, 0.29) is 56.3 Å². The van der Waals surface area contributed by atoms with Gasteiger partial charge in [0.15, 0.2) is 11.8 Å². The molecule has 2 fully saturated rings. The number of urea groups is 1. The molecule has 8 rings (SSSR count). The van der Waals surface area contributed by atoms with Gasteiger partial charge in [-0.1, -0.05) is 71.6 Å². The maximum atomic E-state index is 14.8. The summed E-state index contributed by atoms with van der Waals surface area (Å²) >= 11 is 0. The van der Waals surface area contributed by atoms with E-state index in [0.717, 1.165) is 22.0 Å². The number of nitrogens with one attached hydrogen (secondary N) is 1. The Morgan fingerprint density at radius 1 is 0.909 bits per heavy atom. The first-order valence-corrected chi connectivity index (χ1v) is 17.8. The zero-order valence-electron chi connectivity index (χ0n) is 29.9. The van der Waals surface area contributed by atoms with Crippen molar-refractivity contribution in [3.8, 4) is 29.0 Å². The summed E-state index contributed by atoms with van der Waals surface area (Å²) in [5.41, 5.74) is 4.24. The number of quaternary nitrogens is 1. The standard InChI is InChI=1S/C42H36N8O5/c1-50(42(54)45-24-30-9-3-2-4-10-30)39-27-47(25-31-11-7-14-35-34(31)12-8-22-43-35)41(53)38(20-17-29-15-18-32(51)19-16-29)49(39)40(52)28-48(50)26-33-23-37(46-55-33)36-13-5-6-21-44-36/h2-16,18-19,21-23,38-39H,24-28H2,1H3,(H-,45,51,54)/p+1. The Morgan fingerprint density at radius 2 is 1.71 bits per heavy atom. The Balaban J connectivity index is 1.20. The molecule has 0 spiro atoms. The fraction of sp³-hybridized carbons (Fsp3) is 0.190. The fourth-order valence-electron chi connectivity index (χ4n) is 7.21. The third-order valence-electron chi connectivity index (χ3n) is 10.1. The number of likely N-dealkylation sites (N-methyl/N-ethyl adjacent to an activating group) is 1. The molecule has 3 aromatic carbocycles. The number of hydrogen-bond donors (Lipinski definition) is 2. The first kappa shape index (κ1) is 35.2. The van der Waals surface area contributed by atoms with E-state index >= 15 is 0 Å². The van der Waals surface area contributed by atoms with Crippen molar-refractivity contribution in [2.45, 2.75) is 31.8 Å². The molecular formula is C42H37N8O5+. The van der Waals surface area contributed by atoms with Crippen molar-refractivity contribution >= 4 is 28.7 Å². The molecule has 13 heteroatoms. The third kappa shape index (κ3) is 6.99. The number of carbonyl (C=O) groups excluding carboxylic acids is 3. The van der Waals surface area contributed by atoms with Crippen LogP contribution in [0.3, 0.4) is 0 Å². The number of rotatable bonds is 7. The molecule has 2 aliphatic heterocycles. The number of phenols is 1. The first-order chi connectivity index (χ1) is 26.8. The van der Waals surface area contributed by atoms with Gasteiger partial charge in [-0.15, -0.1) is 9.60 Å². The summed E-state index contributed by atoms with van der Waals surface area (Å²) in [7, 11) is 1.75. The summed E-state index contributed by atoms with van der Waals surface area (Å²) < 4.78 is 5.34. The topological polar surface area (TPSA) is 145 Å². The molecule has 2 N–H and O–H groups in total. The van der Waals surface area contributed by atoms with Gasteiger partial charge in [0.1, 0.15) is 24.5 Å². The number of hydrogen-bond acceptors (Lipinski definition) is 9. The minimum atomic E-state index is -1.21. The highest BCUT2D eigenvalue weighted by Crippen LogP contribution is 2.34. The van der Waals surface area contributed by atoms with Gasteiger partial charge in [-0.25, -0.2) is 4.79 Å². The van der Waals surface area contributed by atoms with Gasteiger partial charge in [0, 0.05) is 42.5 Å². The number of amides is 4. The van der Waals surface area contributed by atoms with Crippen molar-refractivity contribution in [3.05, 3.63) is 144 Å². The Bertz CT molecular complexity index is 2420. The normalized spacial score (nSPS) is 19.8. The van der Waals surface area contributed by atoms with Crippen LogP contribution in [0.5, 0.6) is 5.75 Å². The van der Waals surface area contributed by atoms with Crippen LogP contribution in [0.15, 0.2) is 126 Å². The number of pyridine rings is 2. The molecule has 2 saturated heterocycles. The second-order valence-electron chi connectivity index (χ2n) is 13.6. The van der Waals surface area contributed by atoms with Gasteiger partial charge < -0.3 is 14.5 Å². The predicted molar refractivity (Wildman–Crippen MR) is 202 cm³/mol. The molecule has 13 nitrogen and oxygen atoms in total. The number of aromatic nitrogens is 3. The Labute approximate surface area is 317 Å². The van der Waals surface area contributed by atoms with Gasteiger partial charge >= 0.3 is 6.03 Å². The van der Waals surface area contributed by atoms with Crippen LogP contribution in [0.4, 0.5) is 4.79 Å². The molecule has 5 heterocycles. The lowest BCUT2D eigenvalue weighted by Gasteiger charge is -2.55. The first-order valence-electron chi connectivity index (χ1n) is 17.8. The van der Waals surface area contributed by atoms with E-state index in [2.05, 4.69) is 32.3 Å². The van der Waals surface area contributed by atoms with Crippen LogP contribution in [-0.2, 0) is 29.2 Å². The van der Waals surface area contributed by atoms with E-state index in [9.17, 15) is 19.5 Å². The van der Waals surface area contributed by atoms with Crippen LogP contribution in [0.25, 0.3) is 22.3 Å². The van der Waals surface area contributed by atoms with E-state index in [1.54, 1.807) is 47.5 Å². The smallest absolute Gasteiger partial charge is 0.438 e. The number of phenolic OH excluding ortho intramolecular Hbond substituents is 1. The molecular weight excluding hydrogens is 697 g/mol. The van der Waals surface area contributed by atoms with E-state index in [0.29, 0.717) is 22.7 Å². The second-order valence-corrected chi connectivity index (χ2v) is 13.6. The number of benzene rings is 3. The van der Waals surface area contributed by atoms with Crippen molar-refractivity contribution in [1.29, 1.82) is 0 Å². The maximum Gasteiger partial charge on any atom is 0.438 e. The molecule has 6 aromatic rings. The van der Waals surface area contributed by atoms with Crippen molar-refractivity contribution in [3.63, 3.8) is 0 Å². The molecule has 55 heavy (non-hydrogen) atoms. The predicted octanol–water partition coefficient (Wildman–Crippen LogP) is 4.69. The third-order valence-corrected chi connectivity index (χ3v) is 10.1. The van der Waals surface area contributed by atoms with Gasteiger partial charge in [0.05, 0.1) is 24.8 Å². The quantitative estimate of drug-likeness (QED) is 0.176. The van der Waals surface area contributed by atoms with Gasteiger partial charge in [-0.2, -0.15) is 0 Å². The SMILES string of the molecule is C[N+]1(C(=O)NCc2ccccc2)C2CN(Cc3cccc4ncccc34)C(=O)C(C#Cc3ccc(O)cc3)N2C(=O)CN1Cc1cc(-c2ccccn2)no1. The van der Waals surface area contributed by atoms with Crippen molar-refractivity contribution in [2.24, 2.45) is 0 Å². The van der Waals surface area contributed by atoms with Gasteiger partial charge in [-0.3, -0.25) is 29.8 Å². The maximum absolute atomic E-state index is 14.8. The molecule has 3 unspecified atom stereocenters. The highest BCUT2D eigenvalue weighted by Gasteiger charge is 2.61. The van der Waals surface area contributed by atoms with Crippen LogP contribution < -0.4 is 5.32 Å². The van der Waals surface area contributed by atoms with Crippen LogP contribution in [0.1, 0.15) is 22.5 Å². The number of fused-ring (bicyclic) bond motifs is 2. The molecule has 3 atom stereocenters. The number of carbonyl (C=O) groups is 3. The Morgan fingerprint density at radius 3 is 2.51 bits per heavy atom. The zero-order chi connectivity index (χ0) is 37.9. The minimum Gasteiger partial charge on any atom is -0.508 e. The van der Waals surface area contributed by atoms with E-state index < -0.39 is 16.8 Å². The highest BCUT2D eigenvalue weighted by atomic mass is 16.5. The molecule has 2 aliphatic rings. The molecule has 0 radical (unpaired) electrons. The molecule has 0 saturated carbocycles. The Kier molecular flexibility index (Phi) is 9.50. The minimum absolute atomic E-state index is 0.0277. The number of piperazine rings is 1. The summed E-state index contributed by atoms with van der Waals surface area (Å²) in [6.07, 6.45) is 2.50. The molecule has 0 aliphatic carbocycles. The fourth-order valence-corrected chi connectivity index (χ4v) is 7.21. The van der Waals surface area contributed by atoms with Crippen LogP contribution in [0.2, 0.25) is 0 Å². The summed E-state index contributed by atoms with van der Waals surface area (Å²) in [5.74, 6) is 5.91. The van der Waals surface area contributed by atoms with Gasteiger partial charge in [-0.05, 0) is 59.7 Å². The summed E-state index contributed by atoms with van der Waals surface area (Å²) in [6, 6.07) is 31.1. The van der Waals surface area contributed by atoms with Crippen molar-refractivity contribution in [2.75, 3.05) is 20.1 Å². The average Bonchev–Trinajstić information content (AvgIpc) is 3.69. The van der Waals surface area contributed by atoms with Crippen LogP contribution in [0, 0.1) is 11.8 Å². The van der Waals surface area contributed by atoms with E-state index in [1.807, 2.05) is 78.9 Å². The number of aromatic hydroxyl groups is 1. The van der Waals surface area contributed by atoms with Crippen molar-refractivity contribution < 1.29 is 28.6 Å². The lowest BCUT2D eigenvalue weighted by molar-refractivity contribution is -0.985. The van der Waals surface area contributed by atoms with Gasteiger partial charge in [0.2, 0.25) is 12.1 Å². The Hall–Kier alpha value is -6.88. The summed E-state index contributed by atoms with van der Waals surface area (Å²) in [6.45, 7) is 0.297. The lowest BCUT2D eigenvalue weighted by atomic mass is 10.0. The molecule has 3 aromatic heterocycles. The molecule has 4 amide bonds. The van der Waals surface area contributed by atoms with Gasteiger partial charge in [0.25, 0.3) is 5.91 Å². The molecule has 274 valence electrons. The molecule has 0 bridgehead atoms.